The Kier molecular flexibility index (Phi) is 4.23. The van der Waals surface area contributed by atoms with Gasteiger partial charge in [-0.15, -0.1) is 0 Å². The van der Waals surface area contributed by atoms with Crippen LogP contribution in [0.25, 0.3) is 10.9 Å². The van der Waals surface area contributed by atoms with Gasteiger partial charge < -0.3 is 9.47 Å². The highest BCUT2D eigenvalue weighted by atomic mass is 35.5. The highest BCUT2D eigenvalue weighted by molar-refractivity contribution is 6.30. The molecule has 1 amide bonds. The normalized spacial score (nSPS) is 19.6. The molecule has 0 radical (unpaired) electrons. The van der Waals surface area contributed by atoms with Crippen molar-refractivity contribution in [2.75, 3.05) is 14.2 Å². The van der Waals surface area contributed by atoms with Crippen molar-refractivity contribution in [3.63, 3.8) is 0 Å². The number of benzene rings is 1. The number of hydrogen-bond acceptors (Lipinski definition) is 5. The van der Waals surface area contributed by atoms with Gasteiger partial charge in [-0.25, -0.2) is 9.99 Å². The number of hydrogen-bond donors (Lipinski definition) is 0. The van der Waals surface area contributed by atoms with Gasteiger partial charge in [-0.05, 0) is 30.9 Å². The highest BCUT2D eigenvalue weighted by Crippen LogP contribution is 2.43. The Balaban J connectivity index is 1.78. The van der Waals surface area contributed by atoms with Gasteiger partial charge in [0.15, 0.2) is 11.5 Å². The van der Waals surface area contributed by atoms with E-state index < -0.39 is 0 Å². The van der Waals surface area contributed by atoms with Crippen molar-refractivity contribution in [3.8, 4) is 11.5 Å². The Bertz CT molecular complexity index is 924. The smallest absolute Gasteiger partial charge is 0.240 e. The predicted octanol–water partition coefficient (Wildman–Crippen LogP) is 3.96. The van der Waals surface area contributed by atoms with Gasteiger partial charge in [0.1, 0.15) is 5.15 Å². The number of carbonyl (C=O) groups is 1. The van der Waals surface area contributed by atoms with Crippen molar-refractivity contribution >= 4 is 34.1 Å². The van der Waals surface area contributed by atoms with Crippen LogP contribution < -0.4 is 9.47 Å². The van der Waals surface area contributed by atoms with E-state index in [1.165, 1.54) is 6.92 Å². The third kappa shape index (κ3) is 2.88. The maximum Gasteiger partial charge on any atom is 0.240 e. The number of hydrazone groups is 1. The number of nitrogens with zero attached hydrogens (tertiary/aromatic N) is 3. The van der Waals surface area contributed by atoms with Crippen molar-refractivity contribution in [1.29, 1.82) is 0 Å². The van der Waals surface area contributed by atoms with Crippen LogP contribution >= 0.6 is 11.6 Å². The quantitative estimate of drug-likeness (QED) is 0.761. The first kappa shape index (κ1) is 17.1. The Labute approximate surface area is 156 Å². The lowest BCUT2D eigenvalue weighted by molar-refractivity contribution is -0.130. The Morgan fingerprint density at radius 2 is 1.88 bits per heavy atom. The van der Waals surface area contributed by atoms with Crippen molar-refractivity contribution in [3.05, 3.63) is 28.9 Å². The van der Waals surface area contributed by atoms with E-state index >= 15 is 0 Å². The Morgan fingerprint density at radius 1 is 1.19 bits per heavy atom. The summed E-state index contributed by atoms with van der Waals surface area (Å²) >= 11 is 6.49. The number of methoxy groups -OCH3 is 2. The molecule has 1 aromatic carbocycles. The zero-order valence-corrected chi connectivity index (χ0v) is 15.7. The summed E-state index contributed by atoms with van der Waals surface area (Å²) in [4.78, 5) is 16.6. The fourth-order valence-corrected chi connectivity index (χ4v) is 3.73. The summed E-state index contributed by atoms with van der Waals surface area (Å²) in [6.45, 7) is 1.53. The summed E-state index contributed by atoms with van der Waals surface area (Å²) in [7, 11) is 3.18. The van der Waals surface area contributed by atoms with Gasteiger partial charge >= 0.3 is 0 Å². The lowest BCUT2D eigenvalue weighted by Crippen LogP contribution is -2.24. The van der Waals surface area contributed by atoms with Gasteiger partial charge in [-0.2, -0.15) is 5.10 Å². The molecule has 2 heterocycles. The fourth-order valence-electron chi connectivity index (χ4n) is 3.46. The number of amides is 1. The first-order valence-corrected chi connectivity index (χ1v) is 8.99. The fraction of sp³-hybridized carbons (Fsp3) is 0.421. The van der Waals surface area contributed by atoms with E-state index in [4.69, 9.17) is 21.1 Å². The molecule has 6 nitrogen and oxygen atoms in total. The summed E-state index contributed by atoms with van der Waals surface area (Å²) in [5.74, 6) is 1.65. The number of fused-ring (bicyclic) bond motifs is 1. The van der Waals surface area contributed by atoms with Gasteiger partial charge in [0.25, 0.3) is 0 Å². The molecule has 0 unspecified atom stereocenters. The minimum atomic E-state index is -0.208. The van der Waals surface area contributed by atoms with Gasteiger partial charge in [0.05, 0.1) is 25.8 Å². The van der Waals surface area contributed by atoms with Gasteiger partial charge in [-0.3, -0.25) is 4.79 Å². The number of ether oxygens (including phenoxy) is 2. The minimum Gasteiger partial charge on any atom is -0.493 e. The van der Waals surface area contributed by atoms with E-state index in [1.807, 2.05) is 12.1 Å². The molecule has 1 aliphatic carbocycles. The average molecular weight is 374 g/mol. The topological polar surface area (TPSA) is 64.0 Å². The van der Waals surface area contributed by atoms with Crippen molar-refractivity contribution < 1.29 is 14.3 Å². The monoisotopic (exact) mass is 373 g/mol. The van der Waals surface area contributed by atoms with Crippen LogP contribution in [0.5, 0.6) is 11.5 Å². The van der Waals surface area contributed by atoms with Crippen LogP contribution in [0, 0.1) is 5.92 Å². The molecule has 2 aliphatic rings. The summed E-state index contributed by atoms with van der Waals surface area (Å²) in [5, 5.41) is 7.37. The van der Waals surface area contributed by atoms with Crippen LogP contribution in [0.4, 0.5) is 0 Å². The lowest BCUT2D eigenvalue weighted by atomic mass is 10.00. The summed E-state index contributed by atoms with van der Waals surface area (Å²) in [6.07, 6.45) is 3.01. The zero-order chi connectivity index (χ0) is 18.4. The average Bonchev–Trinajstić information content (AvgIpc) is 3.38. The van der Waals surface area contributed by atoms with Crippen LogP contribution in [-0.2, 0) is 4.79 Å². The molecule has 1 atom stereocenters. The van der Waals surface area contributed by atoms with Gasteiger partial charge in [-0.1, -0.05) is 11.6 Å². The van der Waals surface area contributed by atoms with E-state index in [0.717, 1.165) is 29.5 Å². The van der Waals surface area contributed by atoms with Crippen molar-refractivity contribution in [2.24, 2.45) is 11.0 Å². The third-order valence-corrected chi connectivity index (χ3v) is 5.27. The maximum absolute atomic E-state index is 12.1. The third-order valence-electron chi connectivity index (χ3n) is 4.96. The van der Waals surface area contributed by atoms with E-state index in [0.29, 0.717) is 34.5 Å². The summed E-state index contributed by atoms with van der Waals surface area (Å²) in [6, 6.07) is 5.43. The van der Waals surface area contributed by atoms with Crippen LogP contribution in [0.2, 0.25) is 5.15 Å². The standard InChI is InChI=1S/C19H20ClN3O3/c1-10(24)23-16(8-15(22-23)11-4-5-11)13-6-12-7-17(25-2)18(26-3)9-14(12)21-19(13)20/h6-7,9,11,16H,4-5,8H2,1-3H3/t16-/m0/s1. The van der Waals surface area contributed by atoms with Crippen LogP contribution in [-0.4, -0.2) is 35.8 Å². The molecule has 0 spiro atoms. The number of halogens is 1. The Hall–Kier alpha value is -2.34. The first-order valence-electron chi connectivity index (χ1n) is 8.61. The SMILES string of the molecule is COc1cc2cc([C@@H]3CC(C4CC4)=NN3C(C)=O)c(Cl)nc2cc1OC. The molecule has 1 fully saturated rings. The number of aromatic nitrogens is 1. The van der Waals surface area contributed by atoms with E-state index in [-0.39, 0.29) is 11.9 Å². The lowest BCUT2D eigenvalue weighted by Gasteiger charge is -2.21. The summed E-state index contributed by atoms with van der Waals surface area (Å²) < 4.78 is 10.7. The van der Waals surface area contributed by atoms with Crippen LogP contribution in [0.1, 0.15) is 37.8 Å². The molecule has 7 heteroatoms. The second-order valence-corrected chi connectivity index (χ2v) is 7.08. The van der Waals surface area contributed by atoms with E-state index in [9.17, 15) is 4.79 Å². The van der Waals surface area contributed by atoms with Crippen LogP contribution in [0.3, 0.4) is 0 Å². The molecule has 1 saturated carbocycles. The molecular weight excluding hydrogens is 354 g/mol. The molecule has 2 aromatic rings. The molecule has 0 bridgehead atoms. The molecule has 136 valence electrons. The number of carbonyl (C=O) groups excluding carboxylic acids is 1. The number of pyridine rings is 1. The molecule has 0 N–H and O–H groups in total. The molecule has 0 saturated heterocycles. The van der Waals surface area contributed by atoms with Crippen molar-refractivity contribution in [1.82, 2.24) is 9.99 Å². The van der Waals surface area contributed by atoms with Crippen LogP contribution in [0.15, 0.2) is 23.3 Å². The van der Waals surface area contributed by atoms with Gasteiger partial charge in [0, 0.05) is 36.1 Å². The molecule has 1 aromatic heterocycles. The molecular formula is C19H20ClN3O3. The number of rotatable bonds is 4. The molecule has 4 rings (SSSR count). The second-order valence-electron chi connectivity index (χ2n) is 6.72. The highest BCUT2D eigenvalue weighted by Gasteiger charge is 2.39. The van der Waals surface area contributed by atoms with E-state index in [1.54, 1.807) is 25.3 Å². The zero-order valence-electron chi connectivity index (χ0n) is 15.0. The first-order chi connectivity index (χ1) is 12.5. The van der Waals surface area contributed by atoms with Crippen molar-refractivity contribution in [2.45, 2.75) is 32.2 Å². The second kappa shape index (κ2) is 6.43. The van der Waals surface area contributed by atoms with Gasteiger partial charge in [0.2, 0.25) is 5.91 Å². The maximum atomic E-state index is 12.1. The Morgan fingerprint density at radius 3 is 2.50 bits per heavy atom. The predicted molar refractivity (Wildman–Crippen MR) is 99.9 cm³/mol. The summed E-state index contributed by atoms with van der Waals surface area (Å²) in [5.41, 5.74) is 2.61. The molecule has 26 heavy (non-hydrogen) atoms. The largest absolute Gasteiger partial charge is 0.493 e. The minimum absolute atomic E-state index is 0.0888. The molecule has 1 aliphatic heterocycles. The van der Waals surface area contributed by atoms with E-state index in [2.05, 4.69) is 10.1 Å².